The SMILES string of the molecule is C=CCOC1CC(C=C(C)C2OC(=O)C3CCCCN3C(=O)C(=O)C3(O)OC(C(OC)CC(C)CC(C)=CC(CC)C(=O)CCC2C)C(OC)CC3C)CCC1Nc1ccc2c(ccn2C)c1. The van der Waals surface area contributed by atoms with Gasteiger partial charge in [-0.05, 0) is 132 Å². The molecule has 13 heteroatoms. The van der Waals surface area contributed by atoms with E-state index < -0.39 is 59.8 Å². The van der Waals surface area contributed by atoms with Gasteiger partial charge in [-0.15, -0.1) is 6.58 Å². The van der Waals surface area contributed by atoms with Crippen molar-refractivity contribution in [3.8, 4) is 0 Å². The number of aromatic nitrogens is 1. The molecule has 370 valence electrons. The number of ketones is 2. The third kappa shape index (κ3) is 12.4. The van der Waals surface area contributed by atoms with Crippen LogP contribution in [-0.2, 0) is 49.9 Å². The number of benzene rings is 1. The number of aliphatic hydroxyl groups is 1. The summed E-state index contributed by atoms with van der Waals surface area (Å²) >= 11 is 0. The lowest BCUT2D eigenvalue weighted by Gasteiger charge is -2.47. The molecular weight excluding hydrogens is 851 g/mol. The lowest BCUT2D eigenvalue weighted by atomic mass is 9.81. The van der Waals surface area contributed by atoms with Gasteiger partial charge in [-0.3, -0.25) is 14.4 Å². The van der Waals surface area contributed by atoms with Crippen molar-refractivity contribution in [1.29, 1.82) is 0 Å². The Morgan fingerprint density at radius 3 is 2.45 bits per heavy atom. The van der Waals surface area contributed by atoms with E-state index in [4.69, 9.17) is 23.7 Å². The molecule has 1 amide bonds. The van der Waals surface area contributed by atoms with Crippen molar-refractivity contribution in [2.24, 2.45) is 36.6 Å². The fourth-order valence-corrected chi connectivity index (χ4v) is 11.3. The van der Waals surface area contributed by atoms with Crippen LogP contribution in [0.15, 0.2) is 66.4 Å². The van der Waals surface area contributed by atoms with Crippen LogP contribution in [0.1, 0.15) is 119 Å². The molecule has 3 aliphatic heterocycles. The minimum atomic E-state index is -2.47. The number of carbonyl (C=O) groups excluding carboxylic acids is 4. The topological polar surface area (TPSA) is 155 Å². The average Bonchev–Trinajstić information content (AvgIpc) is 3.69. The van der Waals surface area contributed by atoms with Crippen LogP contribution in [0.25, 0.3) is 10.9 Å². The number of nitrogens with zero attached hydrogens (tertiary/aromatic N) is 2. The van der Waals surface area contributed by atoms with Crippen LogP contribution in [0.4, 0.5) is 5.69 Å². The van der Waals surface area contributed by atoms with Gasteiger partial charge in [0.25, 0.3) is 11.7 Å². The summed E-state index contributed by atoms with van der Waals surface area (Å²) in [7, 11) is 5.16. The van der Waals surface area contributed by atoms with Crippen molar-refractivity contribution < 1.29 is 48.0 Å². The molecule has 13 nitrogen and oxygen atoms in total. The first-order valence-electron chi connectivity index (χ1n) is 25.0. The number of nitrogens with one attached hydrogen (secondary N) is 1. The van der Waals surface area contributed by atoms with Crippen LogP contribution in [0.2, 0.25) is 0 Å². The second kappa shape index (κ2) is 23.4. The van der Waals surface area contributed by atoms with Crippen molar-refractivity contribution in [2.45, 2.75) is 167 Å². The summed E-state index contributed by atoms with van der Waals surface area (Å²) in [6.45, 7) is 16.3. The van der Waals surface area contributed by atoms with Gasteiger partial charge in [0.2, 0.25) is 5.79 Å². The Morgan fingerprint density at radius 1 is 0.985 bits per heavy atom. The van der Waals surface area contributed by atoms with Crippen molar-refractivity contribution >= 4 is 40.0 Å². The molecule has 6 rings (SSSR count). The molecule has 13 atom stereocenters. The summed E-state index contributed by atoms with van der Waals surface area (Å²) in [4.78, 5) is 58.7. The van der Waals surface area contributed by atoms with Gasteiger partial charge in [-0.2, -0.15) is 0 Å². The van der Waals surface area contributed by atoms with E-state index in [1.54, 1.807) is 27.2 Å². The van der Waals surface area contributed by atoms with Gasteiger partial charge in [0.05, 0.1) is 31.0 Å². The molecule has 4 aliphatic rings. The predicted molar refractivity (Wildman–Crippen MR) is 260 cm³/mol. The predicted octanol–water partition coefficient (Wildman–Crippen LogP) is 8.67. The maximum absolute atomic E-state index is 14.6. The van der Waals surface area contributed by atoms with Gasteiger partial charge in [-0.1, -0.05) is 51.5 Å². The molecule has 0 spiro atoms. The minimum Gasteiger partial charge on any atom is -0.456 e. The number of fused-ring (bicyclic) bond motifs is 4. The summed E-state index contributed by atoms with van der Waals surface area (Å²) < 4.78 is 33.2. The van der Waals surface area contributed by atoms with Gasteiger partial charge in [0.15, 0.2) is 0 Å². The highest BCUT2D eigenvalue weighted by Crippen LogP contribution is 2.40. The maximum Gasteiger partial charge on any atom is 0.329 e. The van der Waals surface area contributed by atoms with E-state index in [0.717, 1.165) is 36.1 Å². The molecule has 67 heavy (non-hydrogen) atoms. The molecule has 1 saturated carbocycles. The zero-order chi connectivity index (χ0) is 48.6. The Balaban J connectivity index is 1.29. The van der Waals surface area contributed by atoms with Crippen LogP contribution in [0, 0.1) is 29.6 Å². The quantitative estimate of drug-likeness (QED) is 0.134. The number of aryl methyl sites for hydroxylation is 1. The highest BCUT2D eigenvalue weighted by molar-refractivity contribution is 6.39. The van der Waals surface area contributed by atoms with Crippen molar-refractivity contribution in [2.75, 3.05) is 32.7 Å². The fraction of sp³-hybridized carbons (Fsp3) is 0.667. The van der Waals surface area contributed by atoms with Crippen LogP contribution in [0.3, 0.4) is 0 Å². The van der Waals surface area contributed by atoms with Crippen LogP contribution >= 0.6 is 0 Å². The zero-order valence-electron chi connectivity index (χ0n) is 41.7. The van der Waals surface area contributed by atoms with Gasteiger partial charge >= 0.3 is 5.97 Å². The highest BCUT2D eigenvalue weighted by Gasteiger charge is 2.56. The summed E-state index contributed by atoms with van der Waals surface area (Å²) in [5.74, 6) is -6.15. The minimum absolute atomic E-state index is 0.0710. The van der Waals surface area contributed by atoms with Gasteiger partial charge < -0.3 is 43.6 Å². The molecule has 1 aliphatic carbocycles. The molecular formula is C54H79N3O10. The Labute approximate surface area is 399 Å². The van der Waals surface area contributed by atoms with Gasteiger partial charge in [0.1, 0.15) is 24.0 Å². The Kier molecular flexibility index (Phi) is 18.3. The largest absolute Gasteiger partial charge is 0.456 e. The van der Waals surface area contributed by atoms with E-state index in [1.807, 2.05) is 34.7 Å². The number of rotatable bonds is 10. The normalized spacial score (nSPS) is 34.7. The number of cyclic esters (lactones) is 1. The van der Waals surface area contributed by atoms with Crippen LogP contribution in [-0.4, -0.2) is 114 Å². The van der Waals surface area contributed by atoms with E-state index in [-0.39, 0.29) is 54.6 Å². The van der Waals surface area contributed by atoms with Gasteiger partial charge in [0, 0.05) is 68.9 Å². The third-order valence-electron chi connectivity index (χ3n) is 15.2. The first kappa shape index (κ1) is 52.2. The van der Waals surface area contributed by atoms with Gasteiger partial charge in [-0.25, -0.2) is 4.79 Å². The Hall–Kier alpha value is -4.14. The first-order chi connectivity index (χ1) is 32.0. The Bertz CT molecular complexity index is 2110. The number of hydrogen-bond donors (Lipinski definition) is 2. The standard InChI is InChI=1S/C54H79N3O10/c1-11-25-65-46-31-38(17-19-42(46)55-41-18-20-43-40(32-41)22-24-56(43)8)29-36(6)49-35(5)16-21-45(58)39(12-2)27-33(3)26-34(4)28-47(63-9)50-48(64-10)30-37(7)54(62,67-50)51(59)52(60)57-23-14-13-15-44(57)53(61)66-49/h11,18,20,22,24,27,29,32,34-35,37-39,42,44,46-50,55,62H,1,12-17,19,21,23,25-26,28,30-31H2,2-10H3. The average molecular weight is 930 g/mol. The number of piperidine rings is 1. The maximum atomic E-state index is 14.6. The van der Waals surface area contributed by atoms with E-state index in [1.165, 1.54) is 15.8 Å². The Morgan fingerprint density at radius 2 is 1.73 bits per heavy atom. The molecule has 2 N–H and O–H groups in total. The second-order valence-corrected chi connectivity index (χ2v) is 20.3. The van der Waals surface area contributed by atoms with Crippen LogP contribution < -0.4 is 5.32 Å². The number of amides is 1. The van der Waals surface area contributed by atoms with E-state index in [0.29, 0.717) is 58.0 Å². The van der Waals surface area contributed by atoms with E-state index in [9.17, 15) is 24.3 Å². The molecule has 2 saturated heterocycles. The lowest BCUT2D eigenvalue weighted by molar-refractivity contribution is -0.302. The molecule has 1 aromatic carbocycles. The van der Waals surface area contributed by atoms with Crippen molar-refractivity contribution in [1.82, 2.24) is 9.47 Å². The zero-order valence-corrected chi connectivity index (χ0v) is 41.7. The summed E-state index contributed by atoms with van der Waals surface area (Å²) in [5.41, 5.74) is 4.16. The van der Waals surface area contributed by atoms with E-state index in [2.05, 4.69) is 66.0 Å². The summed E-state index contributed by atoms with van der Waals surface area (Å²) in [6, 6.07) is 7.55. The van der Waals surface area contributed by atoms with Crippen molar-refractivity contribution in [3.05, 3.63) is 66.4 Å². The summed E-state index contributed by atoms with van der Waals surface area (Å²) in [5, 5.41) is 17.1. The van der Waals surface area contributed by atoms with Crippen LogP contribution in [0.5, 0.6) is 0 Å². The molecule has 3 fully saturated rings. The smallest absolute Gasteiger partial charge is 0.329 e. The number of ether oxygens (including phenoxy) is 5. The second-order valence-electron chi connectivity index (χ2n) is 20.3. The molecule has 2 aromatic rings. The molecule has 2 bridgehead atoms. The van der Waals surface area contributed by atoms with Crippen molar-refractivity contribution in [3.63, 3.8) is 0 Å². The molecule has 13 unspecified atom stereocenters. The number of allylic oxidation sites excluding steroid dienone is 3. The lowest BCUT2D eigenvalue weighted by Crippen LogP contribution is -2.64. The number of Topliss-reactive ketones (excluding diaryl/α,β-unsaturated/α-hetero) is 2. The van der Waals surface area contributed by atoms with E-state index >= 15 is 0 Å². The number of carbonyl (C=O) groups is 4. The highest BCUT2D eigenvalue weighted by atomic mass is 16.7. The third-order valence-corrected chi connectivity index (χ3v) is 15.2. The molecule has 1 aromatic heterocycles. The molecule has 0 radical (unpaired) electrons. The molecule has 4 heterocycles. The number of methoxy groups -OCH3 is 2. The summed E-state index contributed by atoms with van der Waals surface area (Å²) in [6.07, 6.45) is 12.3. The fourth-order valence-electron chi connectivity index (χ4n) is 11.3. The number of anilines is 1. The number of esters is 1. The first-order valence-corrected chi connectivity index (χ1v) is 25.0. The monoisotopic (exact) mass is 930 g/mol. The number of hydrogen-bond acceptors (Lipinski definition) is 11.